The fourth-order valence-corrected chi connectivity index (χ4v) is 2.90. The quantitative estimate of drug-likeness (QED) is 0.252. The van der Waals surface area contributed by atoms with Crippen molar-refractivity contribution in [3.63, 3.8) is 0 Å². The molecule has 0 saturated heterocycles. The third kappa shape index (κ3) is 9.91. The van der Waals surface area contributed by atoms with Crippen molar-refractivity contribution in [2.24, 2.45) is 5.92 Å². The lowest BCUT2D eigenvalue weighted by Gasteiger charge is -2.12. The number of carbonyl (C=O) groups is 2. The number of hydrazine groups is 1. The summed E-state index contributed by atoms with van der Waals surface area (Å²) >= 11 is 5.09. The summed E-state index contributed by atoms with van der Waals surface area (Å²) in [6.45, 7) is 7.70. The van der Waals surface area contributed by atoms with Crippen LogP contribution in [0.3, 0.4) is 0 Å². The van der Waals surface area contributed by atoms with Gasteiger partial charge in [0.2, 0.25) is 0 Å². The van der Waals surface area contributed by atoms with Gasteiger partial charge < -0.3 is 9.47 Å². The maximum Gasteiger partial charge on any atom is 0.269 e. The van der Waals surface area contributed by atoms with Crippen LogP contribution in [-0.2, 0) is 0 Å². The van der Waals surface area contributed by atoms with E-state index in [1.807, 2.05) is 0 Å². The molecular weight excluding hydrogens is 438 g/mol. The molecule has 3 N–H and O–H groups in total. The van der Waals surface area contributed by atoms with E-state index in [0.717, 1.165) is 25.7 Å². The Morgan fingerprint density at radius 1 is 0.818 bits per heavy atom. The zero-order valence-corrected chi connectivity index (χ0v) is 20.3. The largest absolute Gasteiger partial charge is 0.494 e. The minimum atomic E-state index is -0.387. The van der Waals surface area contributed by atoms with Crippen LogP contribution in [0.2, 0.25) is 0 Å². The Kier molecular flexibility index (Phi) is 11.2. The van der Waals surface area contributed by atoms with Crippen LogP contribution < -0.4 is 25.6 Å². The van der Waals surface area contributed by atoms with Gasteiger partial charge in [0.05, 0.1) is 13.2 Å². The molecule has 7 nitrogen and oxygen atoms in total. The molecule has 2 aromatic carbocycles. The predicted octanol–water partition coefficient (Wildman–Crippen LogP) is 4.63. The van der Waals surface area contributed by atoms with Crippen LogP contribution in [0.4, 0.5) is 0 Å². The highest BCUT2D eigenvalue weighted by Crippen LogP contribution is 2.14. The van der Waals surface area contributed by atoms with Crippen molar-refractivity contribution in [2.45, 2.75) is 46.5 Å². The van der Waals surface area contributed by atoms with Gasteiger partial charge in [-0.3, -0.25) is 25.8 Å². The third-order valence-corrected chi connectivity index (χ3v) is 4.93. The normalized spacial score (nSPS) is 10.4. The van der Waals surface area contributed by atoms with Crippen molar-refractivity contribution < 1.29 is 19.1 Å². The number of carbonyl (C=O) groups excluding carboxylic acids is 2. The van der Waals surface area contributed by atoms with Gasteiger partial charge in [-0.1, -0.05) is 33.6 Å². The second-order valence-electron chi connectivity index (χ2n) is 8.00. The lowest BCUT2D eigenvalue weighted by molar-refractivity contribution is 0.0934. The molecule has 0 atom stereocenters. The number of ether oxygens (including phenoxy) is 2. The first-order valence-electron chi connectivity index (χ1n) is 11.3. The van der Waals surface area contributed by atoms with Crippen molar-refractivity contribution in [1.82, 2.24) is 16.2 Å². The van der Waals surface area contributed by atoms with Crippen LogP contribution in [0.5, 0.6) is 11.5 Å². The highest BCUT2D eigenvalue weighted by molar-refractivity contribution is 7.80. The Morgan fingerprint density at radius 3 is 1.91 bits per heavy atom. The molecule has 2 rings (SSSR count). The number of benzene rings is 2. The lowest BCUT2D eigenvalue weighted by Crippen LogP contribution is -2.48. The van der Waals surface area contributed by atoms with Gasteiger partial charge in [-0.25, -0.2) is 0 Å². The van der Waals surface area contributed by atoms with Gasteiger partial charge in [-0.15, -0.1) is 0 Å². The highest BCUT2D eigenvalue weighted by Gasteiger charge is 2.10. The molecule has 0 fully saturated rings. The molecule has 0 spiro atoms. The van der Waals surface area contributed by atoms with Gasteiger partial charge in [0.25, 0.3) is 11.8 Å². The van der Waals surface area contributed by atoms with E-state index in [0.29, 0.717) is 41.8 Å². The van der Waals surface area contributed by atoms with Gasteiger partial charge in [0.1, 0.15) is 11.5 Å². The zero-order valence-electron chi connectivity index (χ0n) is 19.5. The molecule has 0 radical (unpaired) electrons. The van der Waals surface area contributed by atoms with Gasteiger partial charge in [0, 0.05) is 11.1 Å². The fourth-order valence-electron chi connectivity index (χ4n) is 2.75. The topological polar surface area (TPSA) is 88.7 Å². The molecule has 0 bridgehead atoms. The summed E-state index contributed by atoms with van der Waals surface area (Å²) in [7, 11) is 0. The van der Waals surface area contributed by atoms with Crippen LogP contribution in [0, 0.1) is 5.92 Å². The van der Waals surface area contributed by atoms with Crippen LogP contribution in [0.25, 0.3) is 0 Å². The summed E-state index contributed by atoms with van der Waals surface area (Å²) in [5.74, 6) is 1.22. The monoisotopic (exact) mass is 471 g/mol. The molecule has 0 aliphatic carbocycles. The maximum atomic E-state index is 12.3. The molecule has 0 aliphatic rings. The van der Waals surface area contributed by atoms with Gasteiger partial charge in [-0.05, 0) is 79.5 Å². The molecule has 8 heteroatoms. The number of nitrogens with one attached hydrogen (secondary N) is 3. The van der Waals surface area contributed by atoms with E-state index in [1.54, 1.807) is 48.5 Å². The summed E-state index contributed by atoms with van der Waals surface area (Å²) < 4.78 is 11.3. The average molecular weight is 472 g/mol. The Bertz CT molecular complexity index is 899. The van der Waals surface area contributed by atoms with Crippen molar-refractivity contribution in [2.75, 3.05) is 13.2 Å². The molecule has 0 heterocycles. The van der Waals surface area contributed by atoms with Crippen molar-refractivity contribution in [3.8, 4) is 11.5 Å². The van der Waals surface area contributed by atoms with Gasteiger partial charge in [0.15, 0.2) is 5.11 Å². The number of thiocarbonyl (C=S) groups is 1. The molecular formula is C25H33N3O4S. The molecule has 2 aromatic rings. The minimum Gasteiger partial charge on any atom is -0.494 e. The highest BCUT2D eigenvalue weighted by atomic mass is 32.1. The summed E-state index contributed by atoms with van der Waals surface area (Å²) in [6.07, 6.45) is 4.23. The Hall–Kier alpha value is -3.13. The predicted molar refractivity (Wildman–Crippen MR) is 134 cm³/mol. The standard InChI is InChI=1S/C25H33N3O4S/c1-4-5-6-16-31-21-11-7-19(8-12-21)23(29)26-25(33)28-27-24(30)20-9-13-22(14-10-20)32-17-15-18(2)3/h7-14,18H,4-6,15-17H2,1-3H3,(H,27,30)(H2,26,28,29,33). The van der Waals surface area contributed by atoms with E-state index in [2.05, 4.69) is 36.9 Å². The average Bonchev–Trinajstić information content (AvgIpc) is 2.81. The van der Waals surface area contributed by atoms with Crippen LogP contribution in [-0.4, -0.2) is 30.1 Å². The van der Waals surface area contributed by atoms with Gasteiger partial charge in [-0.2, -0.15) is 0 Å². The summed E-state index contributed by atoms with van der Waals surface area (Å²) in [6, 6.07) is 13.6. The molecule has 0 saturated carbocycles. The zero-order chi connectivity index (χ0) is 24.1. The maximum absolute atomic E-state index is 12.3. The Morgan fingerprint density at radius 2 is 1.36 bits per heavy atom. The minimum absolute atomic E-state index is 0.0121. The van der Waals surface area contributed by atoms with E-state index in [4.69, 9.17) is 21.7 Å². The number of rotatable bonds is 11. The van der Waals surface area contributed by atoms with E-state index in [9.17, 15) is 9.59 Å². The number of amides is 2. The summed E-state index contributed by atoms with van der Waals surface area (Å²) in [5, 5.41) is 2.52. The van der Waals surface area contributed by atoms with E-state index in [1.165, 1.54) is 0 Å². The van der Waals surface area contributed by atoms with E-state index >= 15 is 0 Å². The Labute approximate surface area is 201 Å². The number of hydrogen-bond donors (Lipinski definition) is 3. The second-order valence-corrected chi connectivity index (χ2v) is 8.41. The lowest BCUT2D eigenvalue weighted by atomic mass is 10.1. The van der Waals surface area contributed by atoms with E-state index < -0.39 is 0 Å². The molecule has 2 amide bonds. The molecule has 0 aromatic heterocycles. The first-order valence-corrected chi connectivity index (χ1v) is 11.7. The van der Waals surface area contributed by atoms with Crippen molar-refractivity contribution in [3.05, 3.63) is 59.7 Å². The number of unbranched alkanes of at least 4 members (excludes halogenated alkanes) is 2. The summed E-state index contributed by atoms with van der Waals surface area (Å²) in [5.41, 5.74) is 5.87. The third-order valence-electron chi connectivity index (χ3n) is 4.73. The van der Waals surface area contributed by atoms with Crippen LogP contribution >= 0.6 is 12.2 Å². The SMILES string of the molecule is CCCCCOc1ccc(C(=O)NC(=S)NNC(=O)c2ccc(OCCC(C)C)cc2)cc1. The first-order chi connectivity index (χ1) is 15.9. The Balaban J connectivity index is 1.74. The smallest absolute Gasteiger partial charge is 0.269 e. The molecule has 0 aliphatic heterocycles. The second kappa shape index (κ2) is 14.1. The van der Waals surface area contributed by atoms with Crippen molar-refractivity contribution in [1.29, 1.82) is 0 Å². The van der Waals surface area contributed by atoms with Crippen LogP contribution in [0.1, 0.15) is 67.2 Å². The molecule has 178 valence electrons. The number of hydrogen-bond acceptors (Lipinski definition) is 5. The first kappa shape index (κ1) is 26.1. The van der Waals surface area contributed by atoms with Gasteiger partial charge >= 0.3 is 0 Å². The van der Waals surface area contributed by atoms with Crippen LogP contribution in [0.15, 0.2) is 48.5 Å². The molecule has 0 unspecified atom stereocenters. The summed E-state index contributed by atoms with van der Waals surface area (Å²) in [4.78, 5) is 24.6. The van der Waals surface area contributed by atoms with Crippen molar-refractivity contribution >= 4 is 29.1 Å². The van der Waals surface area contributed by atoms with E-state index in [-0.39, 0.29) is 16.9 Å². The fraction of sp³-hybridized carbons (Fsp3) is 0.400. The molecule has 33 heavy (non-hydrogen) atoms.